The summed E-state index contributed by atoms with van der Waals surface area (Å²) in [6.07, 6.45) is 0. The second kappa shape index (κ2) is 5.83. The zero-order valence-electron chi connectivity index (χ0n) is 9.24. The minimum Gasteiger partial charge on any atom is -0.496 e. The molecule has 0 aromatic heterocycles. The van der Waals surface area contributed by atoms with Crippen molar-refractivity contribution in [2.24, 2.45) is 5.73 Å². The minimum absolute atomic E-state index is 0.124. The summed E-state index contributed by atoms with van der Waals surface area (Å²) in [5, 5.41) is 2.89. The molecule has 0 aliphatic heterocycles. The first-order valence-electron chi connectivity index (χ1n) is 4.52. The van der Waals surface area contributed by atoms with Crippen LogP contribution in [-0.4, -0.2) is 25.3 Å². The van der Waals surface area contributed by atoms with Gasteiger partial charge in [-0.1, -0.05) is 0 Å². The van der Waals surface area contributed by atoms with Gasteiger partial charge in [-0.05, 0) is 34.2 Å². The van der Waals surface area contributed by atoms with Crippen molar-refractivity contribution < 1.29 is 14.3 Å². The summed E-state index contributed by atoms with van der Waals surface area (Å²) >= 11 is 8.03. The van der Waals surface area contributed by atoms with Gasteiger partial charge in [0.2, 0.25) is 0 Å². The van der Waals surface area contributed by atoms with Crippen LogP contribution in [0.5, 0.6) is 5.75 Å². The third-order valence-corrected chi connectivity index (χ3v) is 2.71. The Morgan fingerprint density at radius 3 is 2.59 bits per heavy atom. The van der Waals surface area contributed by atoms with Crippen LogP contribution in [-0.2, 0) is 4.74 Å². The highest BCUT2D eigenvalue weighted by Gasteiger charge is 2.16. The number of rotatable bonds is 3. The molecule has 1 rings (SSSR count). The van der Waals surface area contributed by atoms with Gasteiger partial charge in [-0.3, -0.25) is 0 Å². The number of halogens is 1. The Labute approximate surface area is 112 Å². The largest absolute Gasteiger partial charge is 0.496 e. The van der Waals surface area contributed by atoms with Gasteiger partial charge in [0, 0.05) is 10.5 Å². The van der Waals surface area contributed by atoms with Gasteiger partial charge in [-0.2, -0.15) is 0 Å². The number of benzene rings is 1. The molecule has 0 fully saturated rings. The molecular formula is C10H11BrN2O3S. The van der Waals surface area contributed by atoms with Crippen LogP contribution in [0.15, 0.2) is 16.6 Å². The van der Waals surface area contributed by atoms with E-state index in [0.717, 1.165) is 0 Å². The van der Waals surface area contributed by atoms with E-state index in [9.17, 15) is 4.79 Å². The predicted molar refractivity (Wildman–Crippen MR) is 72.4 cm³/mol. The minimum atomic E-state index is -0.482. The number of esters is 1. The average Bonchev–Trinajstić information content (AvgIpc) is 2.29. The van der Waals surface area contributed by atoms with Crippen molar-refractivity contribution >= 4 is 44.9 Å². The fourth-order valence-corrected chi connectivity index (χ4v) is 1.77. The second-order valence-corrected chi connectivity index (χ2v) is 4.31. The first-order valence-corrected chi connectivity index (χ1v) is 5.72. The fourth-order valence-electron chi connectivity index (χ4n) is 1.22. The molecule has 0 unspecified atom stereocenters. The third-order valence-electron chi connectivity index (χ3n) is 1.95. The zero-order chi connectivity index (χ0) is 13.0. The molecule has 92 valence electrons. The summed E-state index contributed by atoms with van der Waals surface area (Å²) in [6, 6.07) is 3.18. The highest BCUT2D eigenvalue weighted by Crippen LogP contribution is 2.31. The van der Waals surface area contributed by atoms with Crippen LogP contribution in [0.4, 0.5) is 5.69 Å². The van der Waals surface area contributed by atoms with E-state index in [-0.39, 0.29) is 5.11 Å². The van der Waals surface area contributed by atoms with Crippen molar-refractivity contribution in [1.82, 2.24) is 0 Å². The van der Waals surface area contributed by atoms with E-state index in [1.807, 2.05) is 0 Å². The summed E-state index contributed by atoms with van der Waals surface area (Å²) < 4.78 is 10.4. The van der Waals surface area contributed by atoms with Gasteiger partial charge in [0.15, 0.2) is 5.11 Å². The summed E-state index contributed by atoms with van der Waals surface area (Å²) in [4.78, 5) is 11.5. The highest BCUT2D eigenvalue weighted by molar-refractivity contribution is 9.10. The highest BCUT2D eigenvalue weighted by atomic mass is 79.9. The molecule has 0 aliphatic rings. The van der Waals surface area contributed by atoms with Gasteiger partial charge in [0.05, 0.1) is 19.9 Å². The van der Waals surface area contributed by atoms with Crippen LogP contribution in [0.1, 0.15) is 10.4 Å². The lowest BCUT2D eigenvalue weighted by atomic mass is 10.2. The number of nitrogens with two attached hydrogens (primary N) is 1. The number of anilines is 1. The molecule has 1 aromatic rings. The number of nitrogens with one attached hydrogen (secondary N) is 1. The summed E-state index contributed by atoms with van der Waals surface area (Å²) in [6.45, 7) is 0. The Morgan fingerprint density at radius 1 is 1.47 bits per heavy atom. The third kappa shape index (κ3) is 3.31. The maximum absolute atomic E-state index is 11.5. The smallest absolute Gasteiger partial charge is 0.341 e. The molecule has 0 heterocycles. The lowest BCUT2D eigenvalue weighted by molar-refractivity contribution is 0.0597. The molecule has 7 heteroatoms. The number of methoxy groups -OCH3 is 2. The fraction of sp³-hybridized carbons (Fsp3) is 0.200. The summed E-state index contributed by atoms with van der Waals surface area (Å²) in [7, 11) is 2.76. The normalized spacial score (nSPS) is 9.59. The molecule has 0 radical (unpaired) electrons. The Kier molecular flexibility index (Phi) is 4.71. The quantitative estimate of drug-likeness (QED) is 0.655. The molecule has 3 N–H and O–H groups in total. The van der Waals surface area contributed by atoms with E-state index < -0.39 is 5.97 Å². The van der Waals surface area contributed by atoms with Gasteiger partial charge in [-0.15, -0.1) is 0 Å². The SMILES string of the molecule is COC(=O)c1cc(Br)c(NC(N)=S)cc1OC. The van der Waals surface area contributed by atoms with Gasteiger partial charge >= 0.3 is 5.97 Å². The van der Waals surface area contributed by atoms with E-state index in [2.05, 4.69) is 26.0 Å². The van der Waals surface area contributed by atoms with Crippen LogP contribution in [0, 0.1) is 0 Å². The van der Waals surface area contributed by atoms with Gasteiger partial charge in [0.1, 0.15) is 11.3 Å². The number of hydrogen-bond donors (Lipinski definition) is 2. The van der Waals surface area contributed by atoms with Crippen LogP contribution in [0.2, 0.25) is 0 Å². The topological polar surface area (TPSA) is 73.6 Å². The molecule has 0 saturated heterocycles. The van der Waals surface area contributed by atoms with Gasteiger partial charge < -0.3 is 20.5 Å². The van der Waals surface area contributed by atoms with Crippen molar-refractivity contribution in [3.05, 3.63) is 22.2 Å². The van der Waals surface area contributed by atoms with E-state index in [4.69, 9.17) is 22.7 Å². The van der Waals surface area contributed by atoms with Crippen molar-refractivity contribution in [2.75, 3.05) is 19.5 Å². The number of ether oxygens (including phenoxy) is 2. The van der Waals surface area contributed by atoms with E-state index >= 15 is 0 Å². The molecule has 0 amide bonds. The van der Waals surface area contributed by atoms with Crippen LogP contribution >= 0.6 is 28.1 Å². The molecule has 0 atom stereocenters. The average molecular weight is 319 g/mol. The Balaban J connectivity index is 3.24. The summed E-state index contributed by atoms with van der Waals surface area (Å²) in [5.41, 5.74) is 6.30. The molecule has 0 saturated carbocycles. The van der Waals surface area contributed by atoms with Crippen molar-refractivity contribution in [3.63, 3.8) is 0 Å². The predicted octanol–water partition coefficient (Wildman–Crippen LogP) is 1.90. The molecular weight excluding hydrogens is 308 g/mol. The van der Waals surface area contributed by atoms with E-state index in [1.54, 1.807) is 12.1 Å². The maximum atomic E-state index is 11.5. The molecule has 5 nitrogen and oxygen atoms in total. The lowest BCUT2D eigenvalue weighted by Crippen LogP contribution is -2.19. The maximum Gasteiger partial charge on any atom is 0.341 e. The summed E-state index contributed by atoms with van der Waals surface area (Å²) in [5.74, 6) is -0.108. The Morgan fingerprint density at radius 2 is 2.12 bits per heavy atom. The van der Waals surface area contributed by atoms with Crippen LogP contribution < -0.4 is 15.8 Å². The Hall–Kier alpha value is -1.34. The molecule has 0 aliphatic carbocycles. The number of hydrogen-bond acceptors (Lipinski definition) is 4. The Bertz CT molecular complexity index is 465. The number of thiocarbonyl (C=S) groups is 1. The standard InChI is InChI=1S/C10H11BrN2O3S/c1-15-8-4-7(13-10(12)17)6(11)3-5(8)9(14)16-2/h3-4H,1-2H3,(H3,12,13,17). The van der Waals surface area contributed by atoms with Gasteiger partial charge in [0.25, 0.3) is 0 Å². The molecule has 0 bridgehead atoms. The first-order chi connectivity index (χ1) is 7.99. The van der Waals surface area contributed by atoms with Crippen molar-refractivity contribution in [3.8, 4) is 5.75 Å². The lowest BCUT2D eigenvalue weighted by Gasteiger charge is -2.12. The first kappa shape index (κ1) is 13.7. The van der Waals surface area contributed by atoms with Crippen molar-refractivity contribution in [1.29, 1.82) is 0 Å². The van der Waals surface area contributed by atoms with Gasteiger partial charge in [-0.25, -0.2) is 4.79 Å². The van der Waals surface area contributed by atoms with E-state index in [1.165, 1.54) is 14.2 Å². The number of carbonyl (C=O) groups is 1. The monoisotopic (exact) mass is 318 g/mol. The number of carbonyl (C=O) groups excluding carboxylic acids is 1. The van der Waals surface area contributed by atoms with Crippen LogP contribution in [0.25, 0.3) is 0 Å². The zero-order valence-corrected chi connectivity index (χ0v) is 11.6. The molecule has 1 aromatic carbocycles. The second-order valence-electron chi connectivity index (χ2n) is 3.01. The van der Waals surface area contributed by atoms with Crippen molar-refractivity contribution in [2.45, 2.75) is 0 Å². The molecule has 17 heavy (non-hydrogen) atoms. The molecule has 0 spiro atoms. The van der Waals surface area contributed by atoms with Crippen LogP contribution in [0.3, 0.4) is 0 Å². The van der Waals surface area contributed by atoms with E-state index in [0.29, 0.717) is 21.5 Å².